The van der Waals surface area contributed by atoms with Crippen molar-refractivity contribution in [2.45, 2.75) is 44.6 Å². The quantitative estimate of drug-likeness (QED) is 0.776. The predicted molar refractivity (Wildman–Crippen MR) is 104 cm³/mol. The monoisotopic (exact) mass is 348 g/mol. The highest BCUT2D eigenvalue weighted by atomic mass is 32.2. The zero-order valence-electron chi connectivity index (χ0n) is 15.3. The number of benzene rings is 1. The van der Waals surface area contributed by atoms with Crippen molar-refractivity contribution < 1.29 is 4.79 Å². The molecule has 1 aliphatic heterocycles. The van der Waals surface area contributed by atoms with E-state index in [0.29, 0.717) is 11.8 Å². The van der Waals surface area contributed by atoms with Gasteiger partial charge in [-0.05, 0) is 43.3 Å². The van der Waals surface area contributed by atoms with E-state index < -0.39 is 0 Å². The van der Waals surface area contributed by atoms with Crippen LogP contribution in [0.25, 0.3) is 0 Å². The van der Waals surface area contributed by atoms with Crippen molar-refractivity contribution in [1.29, 1.82) is 0 Å². The highest BCUT2D eigenvalue weighted by Crippen LogP contribution is 2.27. The van der Waals surface area contributed by atoms with E-state index in [0.717, 1.165) is 50.7 Å². The number of amides is 1. The van der Waals surface area contributed by atoms with E-state index in [1.54, 1.807) is 11.8 Å². The fraction of sp³-hybridized carbons (Fsp3) is 0.650. The fourth-order valence-corrected chi connectivity index (χ4v) is 4.44. The van der Waals surface area contributed by atoms with Gasteiger partial charge in [0.2, 0.25) is 5.91 Å². The van der Waals surface area contributed by atoms with E-state index >= 15 is 0 Å². The number of carbonyl (C=O) groups is 1. The maximum absolute atomic E-state index is 13.0. The van der Waals surface area contributed by atoms with Crippen LogP contribution in [-0.2, 0) is 10.5 Å². The summed E-state index contributed by atoms with van der Waals surface area (Å²) in [6.07, 6.45) is 2.26. The lowest BCUT2D eigenvalue weighted by Crippen LogP contribution is -2.45. The molecule has 1 unspecified atom stereocenters. The minimum Gasteiger partial charge on any atom is -0.342 e. The average Bonchev–Trinajstić information content (AvgIpc) is 2.61. The van der Waals surface area contributed by atoms with Gasteiger partial charge in [-0.3, -0.25) is 4.79 Å². The molecule has 24 heavy (non-hydrogen) atoms. The molecule has 1 atom stereocenters. The summed E-state index contributed by atoms with van der Waals surface area (Å²) >= 11 is 1.80. The lowest BCUT2D eigenvalue weighted by atomic mass is 9.96. The summed E-state index contributed by atoms with van der Waals surface area (Å²) in [5.41, 5.74) is 1.30. The van der Waals surface area contributed by atoms with Gasteiger partial charge in [-0.1, -0.05) is 51.1 Å². The van der Waals surface area contributed by atoms with Gasteiger partial charge in [0.05, 0.1) is 5.25 Å². The van der Waals surface area contributed by atoms with Crippen molar-refractivity contribution in [2.75, 3.05) is 26.2 Å². The predicted octanol–water partition coefficient (Wildman–Crippen LogP) is 3.79. The van der Waals surface area contributed by atoms with Crippen molar-refractivity contribution in [2.24, 2.45) is 11.8 Å². The molecule has 1 aliphatic rings. The molecule has 1 heterocycles. The minimum absolute atomic E-state index is 0.0653. The number of thioether (sulfide) groups is 1. The standard InChI is InChI=1S/C20H32N2OS/c1-4-21-14-17-10-12-22(13-11-17)20(23)19(16(2)3)24-15-18-8-6-5-7-9-18/h5-9,16-17,19,21H,4,10-15H2,1-3H3. The van der Waals surface area contributed by atoms with E-state index in [1.165, 1.54) is 5.56 Å². The Labute approximate surface area is 151 Å². The third kappa shape index (κ3) is 5.82. The lowest BCUT2D eigenvalue weighted by molar-refractivity contribution is -0.132. The van der Waals surface area contributed by atoms with Crippen LogP contribution in [-0.4, -0.2) is 42.2 Å². The van der Waals surface area contributed by atoms with Crippen LogP contribution in [0.4, 0.5) is 0 Å². The maximum Gasteiger partial charge on any atom is 0.235 e. The minimum atomic E-state index is 0.0653. The van der Waals surface area contributed by atoms with Crippen LogP contribution in [0.1, 0.15) is 39.2 Å². The first kappa shape index (κ1) is 19.3. The van der Waals surface area contributed by atoms with Crippen molar-refractivity contribution in [3.8, 4) is 0 Å². The lowest BCUT2D eigenvalue weighted by Gasteiger charge is -2.35. The Morgan fingerprint density at radius 1 is 1.25 bits per heavy atom. The summed E-state index contributed by atoms with van der Waals surface area (Å²) < 4.78 is 0. The number of piperidine rings is 1. The molecule has 1 fully saturated rings. The number of carbonyl (C=O) groups excluding carboxylic acids is 1. The van der Waals surface area contributed by atoms with Crippen molar-refractivity contribution in [3.63, 3.8) is 0 Å². The van der Waals surface area contributed by atoms with Gasteiger partial charge in [0.25, 0.3) is 0 Å². The Bertz CT molecular complexity index is 484. The molecule has 3 nitrogen and oxygen atoms in total. The van der Waals surface area contributed by atoms with Crippen LogP contribution in [0.3, 0.4) is 0 Å². The second-order valence-corrected chi connectivity index (χ2v) is 8.17. The van der Waals surface area contributed by atoms with E-state index in [4.69, 9.17) is 0 Å². The number of nitrogens with one attached hydrogen (secondary N) is 1. The summed E-state index contributed by atoms with van der Waals surface area (Å²) in [5, 5.41) is 3.50. The topological polar surface area (TPSA) is 32.3 Å². The molecule has 0 bridgehead atoms. The van der Waals surface area contributed by atoms with Gasteiger partial charge in [-0.25, -0.2) is 0 Å². The van der Waals surface area contributed by atoms with Gasteiger partial charge in [0.15, 0.2) is 0 Å². The van der Waals surface area contributed by atoms with Gasteiger partial charge in [-0.2, -0.15) is 0 Å². The van der Waals surface area contributed by atoms with Gasteiger partial charge >= 0.3 is 0 Å². The fourth-order valence-electron chi connectivity index (χ4n) is 3.20. The highest BCUT2D eigenvalue weighted by Gasteiger charge is 2.30. The molecule has 2 rings (SSSR count). The first-order chi connectivity index (χ1) is 11.6. The number of nitrogens with zero attached hydrogens (tertiary/aromatic N) is 1. The average molecular weight is 349 g/mol. The maximum atomic E-state index is 13.0. The molecule has 0 aliphatic carbocycles. The first-order valence-corrected chi connectivity index (χ1v) is 10.3. The normalized spacial score (nSPS) is 17.2. The van der Waals surface area contributed by atoms with Crippen molar-refractivity contribution >= 4 is 17.7 Å². The Morgan fingerprint density at radius 2 is 1.92 bits per heavy atom. The highest BCUT2D eigenvalue weighted by molar-refractivity contribution is 7.99. The molecule has 1 saturated heterocycles. The van der Waals surface area contributed by atoms with Gasteiger partial charge in [-0.15, -0.1) is 11.8 Å². The molecule has 0 saturated carbocycles. The second-order valence-electron chi connectivity index (χ2n) is 7.04. The molecule has 0 aromatic heterocycles. The zero-order chi connectivity index (χ0) is 17.4. The Balaban J connectivity index is 1.85. The second kappa shape index (κ2) is 10.1. The van der Waals surface area contributed by atoms with Crippen LogP contribution in [0.15, 0.2) is 30.3 Å². The number of hydrogen-bond donors (Lipinski definition) is 1. The van der Waals surface area contributed by atoms with E-state index in [9.17, 15) is 4.79 Å². The smallest absolute Gasteiger partial charge is 0.235 e. The van der Waals surface area contributed by atoms with E-state index in [-0.39, 0.29) is 5.25 Å². The first-order valence-electron chi connectivity index (χ1n) is 9.26. The SMILES string of the molecule is CCNCC1CCN(C(=O)C(SCc2ccccc2)C(C)C)CC1. The van der Waals surface area contributed by atoms with Crippen LogP contribution in [0.2, 0.25) is 0 Å². The largest absolute Gasteiger partial charge is 0.342 e. The van der Waals surface area contributed by atoms with Gasteiger partial charge in [0.1, 0.15) is 0 Å². The van der Waals surface area contributed by atoms with E-state index in [2.05, 4.69) is 55.3 Å². The molecular weight excluding hydrogens is 316 g/mol. The molecule has 4 heteroatoms. The Hall–Kier alpha value is -1.00. The molecule has 134 valence electrons. The van der Waals surface area contributed by atoms with Crippen molar-refractivity contribution in [3.05, 3.63) is 35.9 Å². The molecule has 0 spiro atoms. The third-order valence-electron chi connectivity index (χ3n) is 4.73. The summed E-state index contributed by atoms with van der Waals surface area (Å²) in [6, 6.07) is 10.5. The number of rotatable bonds is 8. The summed E-state index contributed by atoms with van der Waals surface area (Å²) in [5.74, 6) is 2.34. The number of likely N-dealkylation sites (tertiary alicyclic amines) is 1. The molecular formula is C20H32N2OS. The molecule has 1 aromatic rings. The molecule has 1 aromatic carbocycles. The summed E-state index contributed by atoms with van der Waals surface area (Å²) in [6.45, 7) is 10.4. The van der Waals surface area contributed by atoms with Gasteiger partial charge < -0.3 is 10.2 Å². The molecule has 1 N–H and O–H groups in total. The molecule has 1 amide bonds. The summed E-state index contributed by atoms with van der Waals surface area (Å²) in [7, 11) is 0. The summed E-state index contributed by atoms with van der Waals surface area (Å²) in [4.78, 5) is 15.1. The Morgan fingerprint density at radius 3 is 2.50 bits per heavy atom. The zero-order valence-corrected chi connectivity index (χ0v) is 16.1. The van der Waals surface area contributed by atoms with Crippen LogP contribution in [0.5, 0.6) is 0 Å². The van der Waals surface area contributed by atoms with Crippen molar-refractivity contribution in [1.82, 2.24) is 10.2 Å². The Kier molecular flexibility index (Phi) is 8.13. The van der Waals surface area contributed by atoms with E-state index in [1.807, 2.05) is 6.07 Å². The number of hydrogen-bond acceptors (Lipinski definition) is 3. The van der Waals surface area contributed by atoms with Gasteiger partial charge in [0, 0.05) is 18.8 Å². The van der Waals surface area contributed by atoms with Crippen LogP contribution in [0, 0.1) is 11.8 Å². The van der Waals surface area contributed by atoms with Crippen LogP contribution >= 0.6 is 11.8 Å². The third-order valence-corrected chi connectivity index (χ3v) is 6.34. The molecule has 0 radical (unpaired) electrons. The van der Waals surface area contributed by atoms with Crippen LogP contribution < -0.4 is 5.32 Å².